The van der Waals surface area contributed by atoms with Gasteiger partial charge in [0.05, 0.1) is 44.5 Å². The highest BCUT2D eigenvalue weighted by Crippen LogP contribution is 2.41. The van der Waals surface area contributed by atoms with Crippen LogP contribution in [0.4, 0.5) is 0 Å². The zero-order valence-electron chi connectivity index (χ0n) is 42.6. The number of fused-ring (bicyclic) bond motifs is 9. The summed E-state index contributed by atoms with van der Waals surface area (Å²) in [4.78, 5) is 10.1. The Bertz CT molecular complexity index is 4430. The first-order chi connectivity index (χ1) is 38.0. The monoisotopic (exact) mass is 983 g/mol. The van der Waals surface area contributed by atoms with Crippen molar-refractivity contribution in [2.45, 2.75) is 13.8 Å². The lowest BCUT2D eigenvalue weighted by Crippen LogP contribution is -1.97. The molecular formula is C72H49N5. The summed E-state index contributed by atoms with van der Waals surface area (Å²) in [7, 11) is 0. The van der Waals surface area contributed by atoms with Crippen molar-refractivity contribution in [3.63, 3.8) is 0 Å². The molecule has 0 atom stereocenters. The fraction of sp³-hybridized carbons (Fsp3) is 0.0278. The van der Waals surface area contributed by atoms with Gasteiger partial charge in [-0.15, -0.1) is 0 Å². The van der Waals surface area contributed by atoms with Crippen LogP contribution in [0.15, 0.2) is 261 Å². The molecule has 11 aromatic carbocycles. The van der Waals surface area contributed by atoms with Crippen molar-refractivity contribution in [3.8, 4) is 73.2 Å². The molecule has 0 amide bonds. The third-order valence-electron chi connectivity index (χ3n) is 15.7. The van der Waals surface area contributed by atoms with Crippen LogP contribution in [-0.4, -0.2) is 23.7 Å². The number of para-hydroxylation sites is 4. The van der Waals surface area contributed by atoms with Crippen LogP contribution in [0.1, 0.15) is 11.1 Å². The maximum absolute atomic E-state index is 5.07. The van der Waals surface area contributed by atoms with E-state index in [-0.39, 0.29) is 0 Å². The number of rotatable bonds is 8. The highest BCUT2D eigenvalue weighted by atomic mass is 15.0. The summed E-state index contributed by atoms with van der Waals surface area (Å²) < 4.78 is 7.29. The highest BCUT2D eigenvalue weighted by molar-refractivity contribution is 6.14. The lowest BCUT2D eigenvalue weighted by atomic mass is 9.91. The van der Waals surface area contributed by atoms with Gasteiger partial charge in [-0.2, -0.15) is 0 Å². The molecule has 0 aliphatic rings. The van der Waals surface area contributed by atoms with Gasteiger partial charge in [0, 0.05) is 66.1 Å². The first kappa shape index (κ1) is 44.4. The molecule has 4 aromatic heterocycles. The van der Waals surface area contributed by atoms with Gasteiger partial charge in [0.25, 0.3) is 0 Å². The van der Waals surface area contributed by atoms with Gasteiger partial charge in [0.1, 0.15) is 0 Å². The quantitative estimate of drug-likeness (QED) is 0.152. The minimum atomic E-state index is 0.714. The summed E-state index contributed by atoms with van der Waals surface area (Å²) in [5, 5.41) is 7.42. The largest absolute Gasteiger partial charge is 0.309 e. The van der Waals surface area contributed by atoms with Crippen molar-refractivity contribution in [1.29, 1.82) is 0 Å². The zero-order valence-corrected chi connectivity index (χ0v) is 42.6. The summed E-state index contributed by atoms with van der Waals surface area (Å²) >= 11 is 0. The highest BCUT2D eigenvalue weighted by Gasteiger charge is 2.20. The van der Waals surface area contributed by atoms with E-state index in [0.29, 0.717) is 5.82 Å². The van der Waals surface area contributed by atoms with Crippen molar-refractivity contribution < 1.29 is 0 Å². The predicted octanol–water partition coefficient (Wildman–Crippen LogP) is 18.7. The van der Waals surface area contributed by atoms with Gasteiger partial charge >= 0.3 is 0 Å². The molecule has 0 aliphatic heterocycles. The molecule has 0 saturated carbocycles. The molecule has 15 aromatic rings. The van der Waals surface area contributed by atoms with Crippen LogP contribution in [0.25, 0.3) is 139 Å². The molecule has 0 N–H and O–H groups in total. The smallest absolute Gasteiger partial charge is 0.160 e. The molecule has 15 rings (SSSR count). The van der Waals surface area contributed by atoms with Crippen molar-refractivity contribution in [2.24, 2.45) is 0 Å². The summed E-state index contributed by atoms with van der Waals surface area (Å²) in [5.41, 5.74) is 22.7. The van der Waals surface area contributed by atoms with Gasteiger partial charge in [-0.25, -0.2) is 9.97 Å². The van der Waals surface area contributed by atoms with Crippen LogP contribution in [0.3, 0.4) is 0 Å². The fourth-order valence-electron chi connectivity index (χ4n) is 12.2. The number of aromatic nitrogens is 5. The zero-order chi connectivity index (χ0) is 51.1. The topological polar surface area (TPSA) is 40.6 Å². The maximum Gasteiger partial charge on any atom is 0.160 e. The molecule has 5 heteroatoms. The van der Waals surface area contributed by atoms with Crippen LogP contribution in [0.5, 0.6) is 0 Å². The number of nitrogens with zero attached hydrogens (tertiary/aromatic N) is 5. The normalized spacial score (nSPS) is 11.8. The number of benzene rings is 11. The summed E-state index contributed by atoms with van der Waals surface area (Å²) in [6.07, 6.45) is 0. The number of hydrogen-bond acceptors (Lipinski definition) is 2. The molecule has 0 unspecified atom stereocenters. The lowest BCUT2D eigenvalue weighted by molar-refractivity contribution is 1.16. The second-order valence-corrected chi connectivity index (χ2v) is 20.3. The summed E-state index contributed by atoms with van der Waals surface area (Å²) in [6, 6.07) is 94.4. The minimum Gasteiger partial charge on any atom is -0.309 e. The molecule has 0 saturated heterocycles. The molecule has 0 fully saturated rings. The van der Waals surface area contributed by atoms with Crippen molar-refractivity contribution in [1.82, 2.24) is 23.7 Å². The standard InChI is InChI=1S/C72H49N5/c1-46-41-53(48-29-31-50(32-30-48)64-45-63(49-17-5-3-6-18-49)73-72(74-64)52-19-7-4-8-20-52)42-47(2)71(46)51-33-35-54(36-34-51)75-69-39-37-55(76-65-25-13-9-21-57(65)58-22-10-14-26-66(58)76)43-61(69)62-44-56(38-40-70(62)75)77-67-27-15-11-23-59(67)60-24-12-16-28-68(60)77/h3-45H,1-2H3. The number of hydrogen-bond donors (Lipinski definition) is 0. The minimum absolute atomic E-state index is 0.714. The second kappa shape index (κ2) is 17.8. The third kappa shape index (κ3) is 7.31. The second-order valence-electron chi connectivity index (χ2n) is 20.3. The van der Waals surface area contributed by atoms with Crippen LogP contribution < -0.4 is 0 Å². The van der Waals surface area contributed by atoms with Crippen molar-refractivity contribution >= 4 is 65.4 Å². The lowest BCUT2D eigenvalue weighted by Gasteiger charge is -2.15. The van der Waals surface area contributed by atoms with E-state index in [1.54, 1.807) is 0 Å². The van der Waals surface area contributed by atoms with Crippen LogP contribution >= 0.6 is 0 Å². The van der Waals surface area contributed by atoms with Gasteiger partial charge in [-0.1, -0.05) is 182 Å². The Hall–Kier alpha value is -10.1. The van der Waals surface area contributed by atoms with E-state index in [1.165, 1.54) is 82.2 Å². The van der Waals surface area contributed by atoms with Crippen LogP contribution in [0, 0.1) is 13.8 Å². The molecule has 362 valence electrons. The average molecular weight is 984 g/mol. The predicted molar refractivity (Wildman–Crippen MR) is 322 cm³/mol. The first-order valence-electron chi connectivity index (χ1n) is 26.4. The van der Waals surface area contributed by atoms with E-state index in [4.69, 9.17) is 9.97 Å². The Morgan fingerprint density at radius 2 is 0.597 bits per heavy atom. The Labute approximate surface area is 445 Å². The van der Waals surface area contributed by atoms with Gasteiger partial charge in [0.15, 0.2) is 5.82 Å². The Kier molecular flexibility index (Phi) is 10.3. The average Bonchev–Trinajstić information content (AvgIpc) is 4.22. The van der Waals surface area contributed by atoms with E-state index in [0.717, 1.165) is 61.7 Å². The molecule has 0 bridgehead atoms. The summed E-state index contributed by atoms with van der Waals surface area (Å²) in [6.45, 7) is 4.48. The molecule has 77 heavy (non-hydrogen) atoms. The van der Waals surface area contributed by atoms with Gasteiger partial charge in [-0.05, 0) is 126 Å². The molecule has 5 nitrogen and oxygen atoms in total. The third-order valence-corrected chi connectivity index (χ3v) is 15.7. The summed E-state index contributed by atoms with van der Waals surface area (Å²) in [5.74, 6) is 0.714. The maximum atomic E-state index is 5.07. The van der Waals surface area contributed by atoms with E-state index in [2.05, 4.69) is 264 Å². The van der Waals surface area contributed by atoms with E-state index in [9.17, 15) is 0 Å². The van der Waals surface area contributed by atoms with Crippen molar-refractivity contribution in [2.75, 3.05) is 0 Å². The van der Waals surface area contributed by atoms with Gasteiger partial charge in [0.2, 0.25) is 0 Å². The molecule has 0 aliphatic carbocycles. The molecule has 0 radical (unpaired) electrons. The first-order valence-corrected chi connectivity index (χ1v) is 26.4. The Balaban J connectivity index is 0.810. The van der Waals surface area contributed by atoms with Gasteiger partial charge in [-0.3, -0.25) is 0 Å². The Morgan fingerprint density at radius 3 is 1.06 bits per heavy atom. The Morgan fingerprint density at radius 1 is 0.247 bits per heavy atom. The number of aryl methyl sites for hydroxylation is 2. The fourth-order valence-corrected chi connectivity index (χ4v) is 12.2. The molecular weight excluding hydrogens is 935 g/mol. The van der Waals surface area contributed by atoms with E-state index >= 15 is 0 Å². The molecule has 0 spiro atoms. The van der Waals surface area contributed by atoms with E-state index in [1.807, 2.05) is 24.3 Å². The molecule has 4 heterocycles. The van der Waals surface area contributed by atoms with Crippen LogP contribution in [0.2, 0.25) is 0 Å². The van der Waals surface area contributed by atoms with E-state index < -0.39 is 0 Å². The van der Waals surface area contributed by atoms with Crippen molar-refractivity contribution in [3.05, 3.63) is 272 Å². The SMILES string of the molecule is Cc1cc(-c2ccc(-c3cc(-c4ccccc4)nc(-c4ccccc4)n3)cc2)cc(C)c1-c1ccc(-n2c3ccc(-n4c5ccccc5c5ccccc54)cc3c3cc(-n4c5ccccc5c5ccccc54)ccc32)cc1. The van der Waals surface area contributed by atoms with Gasteiger partial charge < -0.3 is 13.7 Å². The van der Waals surface area contributed by atoms with Crippen LogP contribution in [-0.2, 0) is 0 Å².